The Bertz CT molecular complexity index is 878. The number of hydrogen-bond acceptors (Lipinski definition) is 5. The number of aromatic nitrogens is 1. The van der Waals surface area contributed by atoms with Gasteiger partial charge in [0.05, 0.1) is 24.4 Å². The van der Waals surface area contributed by atoms with E-state index in [1.165, 1.54) is 6.08 Å². The van der Waals surface area contributed by atoms with E-state index in [2.05, 4.69) is 22.1 Å². The Balaban J connectivity index is 1.53. The summed E-state index contributed by atoms with van der Waals surface area (Å²) in [6.45, 7) is 4.17. The van der Waals surface area contributed by atoms with E-state index in [1.807, 2.05) is 36.4 Å². The molecule has 1 aromatic heterocycles. The van der Waals surface area contributed by atoms with Crippen LogP contribution in [-0.4, -0.2) is 36.5 Å². The van der Waals surface area contributed by atoms with Gasteiger partial charge in [0.1, 0.15) is 11.6 Å². The molecule has 2 heterocycles. The summed E-state index contributed by atoms with van der Waals surface area (Å²) in [5, 5.41) is 2.80. The number of anilines is 2. The Kier molecular flexibility index (Phi) is 7.43. The lowest BCUT2D eigenvalue weighted by Gasteiger charge is -2.32. The van der Waals surface area contributed by atoms with Crippen molar-refractivity contribution in [3.05, 3.63) is 54.2 Å². The van der Waals surface area contributed by atoms with Crippen molar-refractivity contribution < 1.29 is 14.3 Å². The normalized spacial score (nSPS) is 16.4. The number of carbonyl (C=O) groups excluding carboxylic acids is 2. The monoisotopic (exact) mass is 408 g/mol. The molecule has 1 aliphatic rings. The lowest BCUT2D eigenvalue weighted by atomic mass is 9.97. The fourth-order valence-corrected chi connectivity index (χ4v) is 3.32. The van der Waals surface area contributed by atoms with Crippen molar-refractivity contribution in [2.24, 2.45) is 11.7 Å². The number of nitrogens with zero attached hydrogens (tertiary/aromatic N) is 2. The molecule has 1 atom stereocenters. The summed E-state index contributed by atoms with van der Waals surface area (Å²) < 4.78 is 5.55. The molecule has 2 amide bonds. The van der Waals surface area contributed by atoms with Crippen molar-refractivity contribution in [2.75, 3.05) is 29.9 Å². The van der Waals surface area contributed by atoms with Crippen molar-refractivity contribution in [3.8, 4) is 5.75 Å². The summed E-state index contributed by atoms with van der Waals surface area (Å²) in [6, 6.07) is 11.2. The Morgan fingerprint density at radius 1 is 1.27 bits per heavy atom. The number of carbonyl (C=O) groups is 2. The third kappa shape index (κ3) is 6.07. The standard InChI is InChI=1S/C23H28N4O3/c1-2-14-30-20-9-5-17(6-10-20)7-12-22(28)26-19-8-11-21(25-15-19)27-13-3-4-18(16-27)23(24)29/h5-12,15,18H,2-4,13-14,16H2,1H3,(H2,24,29)(H,26,28)/b12-7+. The molecule has 30 heavy (non-hydrogen) atoms. The van der Waals surface area contributed by atoms with Crippen molar-refractivity contribution in [2.45, 2.75) is 26.2 Å². The largest absolute Gasteiger partial charge is 0.494 e. The smallest absolute Gasteiger partial charge is 0.248 e. The first-order valence-corrected chi connectivity index (χ1v) is 10.3. The molecular weight excluding hydrogens is 380 g/mol. The highest BCUT2D eigenvalue weighted by Gasteiger charge is 2.24. The highest BCUT2D eigenvalue weighted by molar-refractivity contribution is 6.01. The van der Waals surface area contributed by atoms with Crippen molar-refractivity contribution in [3.63, 3.8) is 0 Å². The minimum absolute atomic E-state index is 0.141. The first-order chi connectivity index (χ1) is 14.5. The molecule has 3 rings (SSSR count). The number of hydrogen-bond donors (Lipinski definition) is 2. The Morgan fingerprint density at radius 2 is 2.07 bits per heavy atom. The van der Waals surface area contributed by atoms with Gasteiger partial charge in [0, 0.05) is 19.2 Å². The van der Waals surface area contributed by atoms with Crippen LogP contribution in [0.25, 0.3) is 6.08 Å². The summed E-state index contributed by atoms with van der Waals surface area (Å²) in [4.78, 5) is 30.1. The second-order valence-electron chi connectivity index (χ2n) is 7.33. The van der Waals surface area contributed by atoms with Gasteiger partial charge >= 0.3 is 0 Å². The van der Waals surface area contributed by atoms with E-state index in [-0.39, 0.29) is 17.7 Å². The third-order valence-electron chi connectivity index (χ3n) is 4.94. The van der Waals surface area contributed by atoms with Crippen molar-refractivity contribution in [1.29, 1.82) is 0 Å². The molecule has 0 saturated carbocycles. The van der Waals surface area contributed by atoms with Crippen LogP contribution in [0.3, 0.4) is 0 Å². The predicted molar refractivity (Wildman–Crippen MR) is 118 cm³/mol. The van der Waals surface area contributed by atoms with Crippen LogP contribution in [0.5, 0.6) is 5.75 Å². The van der Waals surface area contributed by atoms with Gasteiger partial charge in [-0.3, -0.25) is 9.59 Å². The maximum Gasteiger partial charge on any atom is 0.248 e. The van der Waals surface area contributed by atoms with Gasteiger partial charge in [0.15, 0.2) is 0 Å². The highest BCUT2D eigenvalue weighted by Crippen LogP contribution is 2.22. The summed E-state index contributed by atoms with van der Waals surface area (Å²) >= 11 is 0. The molecule has 7 heteroatoms. The molecule has 1 aliphatic heterocycles. The molecule has 1 fully saturated rings. The highest BCUT2D eigenvalue weighted by atomic mass is 16.5. The first-order valence-electron chi connectivity index (χ1n) is 10.3. The molecule has 0 radical (unpaired) electrons. The van der Waals surface area contributed by atoms with Crippen LogP contribution < -0.4 is 20.7 Å². The maximum absolute atomic E-state index is 12.2. The molecule has 0 aliphatic carbocycles. The van der Waals surface area contributed by atoms with Gasteiger partial charge in [-0.1, -0.05) is 19.1 Å². The number of ether oxygens (including phenoxy) is 1. The number of nitrogens with two attached hydrogens (primary N) is 1. The Labute approximate surface area is 176 Å². The molecule has 0 spiro atoms. The van der Waals surface area contributed by atoms with Crippen LogP contribution >= 0.6 is 0 Å². The number of amides is 2. The van der Waals surface area contributed by atoms with Gasteiger partial charge in [0.2, 0.25) is 11.8 Å². The van der Waals surface area contributed by atoms with Crippen LogP contribution in [0, 0.1) is 5.92 Å². The van der Waals surface area contributed by atoms with E-state index in [1.54, 1.807) is 12.3 Å². The van der Waals surface area contributed by atoms with E-state index in [0.29, 0.717) is 18.8 Å². The lowest BCUT2D eigenvalue weighted by Crippen LogP contribution is -2.41. The minimum Gasteiger partial charge on any atom is -0.494 e. The van der Waals surface area contributed by atoms with E-state index in [4.69, 9.17) is 10.5 Å². The van der Waals surface area contributed by atoms with E-state index in [0.717, 1.165) is 42.9 Å². The third-order valence-corrected chi connectivity index (χ3v) is 4.94. The number of nitrogens with one attached hydrogen (secondary N) is 1. The van der Waals surface area contributed by atoms with Gasteiger partial charge in [0.25, 0.3) is 0 Å². The second-order valence-corrected chi connectivity index (χ2v) is 7.33. The molecule has 1 unspecified atom stereocenters. The Hall–Kier alpha value is -3.35. The zero-order valence-electron chi connectivity index (χ0n) is 17.2. The molecule has 0 bridgehead atoms. The zero-order valence-corrected chi connectivity index (χ0v) is 17.2. The fraction of sp³-hybridized carbons (Fsp3) is 0.348. The number of rotatable bonds is 8. The number of piperidine rings is 1. The molecule has 3 N–H and O–H groups in total. The SMILES string of the molecule is CCCOc1ccc(/C=C/C(=O)Nc2ccc(N3CCCC(C(N)=O)C3)nc2)cc1. The van der Waals surface area contributed by atoms with Crippen molar-refractivity contribution >= 4 is 29.4 Å². The van der Waals surface area contributed by atoms with E-state index >= 15 is 0 Å². The van der Waals surface area contributed by atoms with E-state index < -0.39 is 0 Å². The molecule has 1 saturated heterocycles. The maximum atomic E-state index is 12.2. The van der Waals surface area contributed by atoms with Crippen LogP contribution in [0.2, 0.25) is 0 Å². The number of benzene rings is 1. The lowest BCUT2D eigenvalue weighted by molar-refractivity contribution is -0.122. The number of pyridine rings is 1. The van der Waals surface area contributed by atoms with Gasteiger partial charge in [-0.05, 0) is 55.2 Å². The van der Waals surface area contributed by atoms with Crippen LogP contribution in [0.4, 0.5) is 11.5 Å². The van der Waals surface area contributed by atoms with Gasteiger partial charge in [-0.2, -0.15) is 0 Å². The van der Waals surface area contributed by atoms with Gasteiger partial charge < -0.3 is 20.7 Å². The van der Waals surface area contributed by atoms with E-state index in [9.17, 15) is 9.59 Å². The van der Waals surface area contributed by atoms with Crippen LogP contribution in [-0.2, 0) is 9.59 Å². The molecule has 158 valence electrons. The summed E-state index contributed by atoms with van der Waals surface area (Å²) in [7, 11) is 0. The average molecular weight is 409 g/mol. The predicted octanol–water partition coefficient (Wildman–Crippen LogP) is 3.22. The summed E-state index contributed by atoms with van der Waals surface area (Å²) in [5.74, 6) is 0.957. The summed E-state index contributed by atoms with van der Waals surface area (Å²) in [5.41, 5.74) is 6.96. The number of primary amides is 1. The topological polar surface area (TPSA) is 97.5 Å². The zero-order chi connectivity index (χ0) is 21.3. The second kappa shape index (κ2) is 10.4. The molecular formula is C23H28N4O3. The molecule has 2 aromatic rings. The van der Waals surface area contributed by atoms with Gasteiger partial charge in [-0.25, -0.2) is 4.98 Å². The minimum atomic E-state index is -0.265. The first kappa shape index (κ1) is 21.4. The van der Waals surface area contributed by atoms with Gasteiger partial charge in [-0.15, -0.1) is 0 Å². The molecule has 1 aromatic carbocycles. The quantitative estimate of drug-likeness (QED) is 0.654. The average Bonchev–Trinajstić information content (AvgIpc) is 2.77. The van der Waals surface area contributed by atoms with Crippen LogP contribution in [0.15, 0.2) is 48.7 Å². The van der Waals surface area contributed by atoms with Crippen LogP contribution in [0.1, 0.15) is 31.7 Å². The summed E-state index contributed by atoms with van der Waals surface area (Å²) in [6.07, 6.45) is 7.54. The Morgan fingerprint density at radius 3 is 2.73 bits per heavy atom. The fourth-order valence-electron chi connectivity index (χ4n) is 3.32. The molecule has 7 nitrogen and oxygen atoms in total. The van der Waals surface area contributed by atoms with Crippen molar-refractivity contribution in [1.82, 2.24) is 4.98 Å².